The Kier molecular flexibility index (Phi) is 8.93. The smallest absolute Gasteiger partial charge is 0.221 e. The zero-order chi connectivity index (χ0) is 25.2. The Hall–Kier alpha value is -3.85. The number of anilines is 1. The van der Waals surface area contributed by atoms with Crippen molar-refractivity contribution >= 4 is 23.4 Å². The molecule has 1 aromatic heterocycles. The van der Waals surface area contributed by atoms with Crippen LogP contribution < -0.4 is 15.4 Å². The molecule has 186 valence electrons. The minimum Gasteiger partial charge on any atom is -0.494 e. The highest BCUT2D eigenvalue weighted by atomic mass is 32.2. The molecular weight excluding hydrogens is 477 g/mol. The molecule has 7 nitrogen and oxygen atoms in total. The van der Waals surface area contributed by atoms with Crippen LogP contribution in [0.1, 0.15) is 24.7 Å². The first-order valence-corrected chi connectivity index (χ1v) is 12.7. The maximum absolute atomic E-state index is 13.0. The number of halogens is 1. The summed E-state index contributed by atoms with van der Waals surface area (Å²) >= 11 is 1.48. The van der Waals surface area contributed by atoms with Crippen molar-refractivity contribution in [2.75, 3.05) is 17.7 Å². The molecule has 4 aromatic rings. The van der Waals surface area contributed by atoms with Gasteiger partial charge < -0.3 is 15.4 Å². The van der Waals surface area contributed by atoms with Crippen molar-refractivity contribution in [3.05, 3.63) is 96.1 Å². The predicted molar refractivity (Wildman–Crippen MR) is 140 cm³/mol. The summed E-state index contributed by atoms with van der Waals surface area (Å²) in [5.74, 6) is 1.77. The minimum atomic E-state index is -0.293. The van der Waals surface area contributed by atoms with Crippen molar-refractivity contribution in [1.82, 2.24) is 20.1 Å². The van der Waals surface area contributed by atoms with Gasteiger partial charge in [0.1, 0.15) is 11.6 Å². The molecule has 0 bridgehead atoms. The molecule has 4 rings (SSSR count). The third-order valence-electron chi connectivity index (χ3n) is 5.29. The number of rotatable bonds is 12. The Labute approximate surface area is 214 Å². The normalized spacial score (nSPS) is 10.7. The molecule has 0 saturated heterocycles. The molecule has 0 aliphatic carbocycles. The van der Waals surface area contributed by atoms with E-state index < -0.39 is 0 Å². The molecule has 2 N–H and O–H groups in total. The van der Waals surface area contributed by atoms with Crippen LogP contribution in [0.3, 0.4) is 0 Å². The lowest BCUT2D eigenvalue weighted by Crippen LogP contribution is -2.23. The van der Waals surface area contributed by atoms with Gasteiger partial charge in [-0.2, -0.15) is 0 Å². The average Bonchev–Trinajstić information content (AvgIpc) is 3.31. The zero-order valence-corrected chi connectivity index (χ0v) is 20.8. The number of nitrogens with one attached hydrogen (secondary N) is 2. The lowest BCUT2D eigenvalue weighted by Gasteiger charge is -2.12. The number of benzene rings is 3. The first-order valence-electron chi connectivity index (χ1n) is 11.7. The second kappa shape index (κ2) is 12.7. The molecular formula is C27H28FN5O2S. The van der Waals surface area contributed by atoms with Gasteiger partial charge in [-0.15, -0.1) is 10.2 Å². The van der Waals surface area contributed by atoms with Crippen molar-refractivity contribution in [3.63, 3.8) is 0 Å². The Bertz CT molecular complexity index is 1250. The standard InChI is InChI=1S/C27H28FN5O2S/c1-2-35-24-14-12-22(13-15-24)29-19-25-31-32-27(33(25)23-6-4-3-5-7-23)36-17-16-26(34)30-18-20-8-10-21(28)11-9-20/h3-15,29H,2,16-19H2,1H3,(H,30,34). The number of amides is 1. The number of carbonyl (C=O) groups is 1. The fraction of sp³-hybridized carbons (Fsp3) is 0.222. The second-order valence-electron chi connectivity index (χ2n) is 7.88. The van der Waals surface area contributed by atoms with E-state index in [1.807, 2.05) is 66.1 Å². The Morgan fingerprint density at radius 1 is 0.972 bits per heavy atom. The molecule has 3 aromatic carbocycles. The second-order valence-corrected chi connectivity index (χ2v) is 8.94. The van der Waals surface area contributed by atoms with Crippen molar-refractivity contribution < 1.29 is 13.9 Å². The van der Waals surface area contributed by atoms with Crippen LogP contribution in [0.4, 0.5) is 10.1 Å². The molecule has 36 heavy (non-hydrogen) atoms. The van der Waals surface area contributed by atoms with E-state index in [0.717, 1.165) is 33.7 Å². The third kappa shape index (κ3) is 7.08. The summed E-state index contributed by atoms with van der Waals surface area (Å²) in [7, 11) is 0. The summed E-state index contributed by atoms with van der Waals surface area (Å²) in [5.41, 5.74) is 2.76. The summed E-state index contributed by atoms with van der Waals surface area (Å²) in [6, 6.07) is 23.8. The van der Waals surface area contributed by atoms with Crippen molar-refractivity contribution in [1.29, 1.82) is 0 Å². The highest BCUT2D eigenvalue weighted by Crippen LogP contribution is 2.24. The van der Waals surface area contributed by atoms with Crippen LogP contribution in [0.5, 0.6) is 5.75 Å². The number of thioether (sulfide) groups is 1. The van der Waals surface area contributed by atoms with Crippen LogP contribution >= 0.6 is 11.8 Å². The maximum atomic E-state index is 13.0. The lowest BCUT2D eigenvalue weighted by atomic mass is 10.2. The van der Waals surface area contributed by atoms with E-state index in [-0.39, 0.29) is 11.7 Å². The summed E-state index contributed by atoms with van der Waals surface area (Å²) in [5, 5.41) is 15.8. The number of carbonyl (C=O) groups excluding carboxylic acids is 1. The number of para-hydroxylation sites is 1. The molecule has 0 fully saturated rings. The molecule has 0 saturated carbocycles. The number of aromatic nitrogens is 3. The molecule has 1 heterocycles. The van der Waals surface area contributed by atoms with Gasteiger partial charge >= 0.3 is 0 Å². The Morgan fingerprint density at radius 2 is 1.72 bits per heavy atom. The molecule has 0 aliphatic rings. The van der Waals surface area contributed by atoms with Crippen molar-refractivity contribution in [2.45, 2.75) is 31.6 Å². The fourth-order valence-electron chi connectivity index (χ4n) is 3.49. The molecule has 0 aliphatic heterocycles. The van der Waals surface area contributed by atoms with Crippen LogP contribution in [0.15, 0.2) is 84.0 Å². The summed E-state index contributed by atoms with van der Waals surface area (Å²) in [6.07, 6.45) is 0.327. The Morgan fingerprint density at radius 3 is 2.44 bits per heavy atom. The molecule has 0 spiro atoms. The van der Waals surface area contributed by atoms with Crippen LogP contribution in [0.2, 0.25) is 0 Å². The molecule has 1 amide bonds. The topological polar surface area (TPSA) is 81.1 Å². The predicted octanol–water partition coefficient (Wildman–Crippen LogP) is 5.22. The van der Waals surface area contributed by atoms with E-state index in [9.17, 15) is 9.18 Å². The zero-order valence-electron chi connectivity index (χ0n) is 20.0. The first kappa shape index (κ1) is 25.2. The average molecular weight is 506 g/mol. The van der Waals surface area contributed by atoms with E-state index in [2.05, 4.69) is 20.8 Å². The fourth-order valence-corrected chi connectivity index (χ4v) is 4.40. The number of nitrogens with zero attached hydrogens (tertiary/aromatic N) is 3. The number of hydrogen-bond acceptors (Lipinski definition) is 6. The monoisotopic (exact) mass is 505 g/mol. The SMILES string of the molecule is CCOc1ccc(NCc2nnc(SCCC(=O)NCc3ccc(F)cc3)n2-c2ccccc2)cc1. The van der Waals surface area contributed by atoms with Gasteiger partial charge in [0.2, 0.25) is 5.91 Å². The van der Waals surface area contributed by atoms with Gasteiger partial charge in [-0.25, -0.2) is 4.39 Å². The Balaban J connectivity index is 1.36. The number of ether oxygens (including phenoxy) is 1. The van der Waals surface area contributed by atoms with Gasteiger partial charge in [-0.1, -0.05) is 42.1 Å². The van der Waals surface area contributed by atoms with Gasteiger partial charge in [-0.05, 0) is 61.0 Å². The summed E-state index contributed by atoms with van der Waals surface area (Å²) in [6.45, 7) is 3.43. The first-order chi connectivity index (χ1) is 17.6. The van der Waals surface area contributed by atoms with E-state index in [4.69, 9.17) is 4.74 Å². The van der Waals surface area contributed by atoms with Crippen molar-refractivity contribution in [3.8, 4) is 11.4 Å². The summed E-state index contributed by atoms with van der Waals surface area (Å²) < 4.78 is 20.5. The van der Waals surface area contributed by atoms with Crippen molar-refractivity contribution in [2.24, 2.45) is 0 Å². The van der Waals surface area contributed by atoms with E-state index >= 15 is 0 Å². The van der Waals surface area contributed by atoms with Crippen LogP contribution in [0.25, 0.3) is 5.69 Å². The van der Waals surface area contributed by atoms with E-state index in [1.165, 1.54) is 23.9 Å². The minimum absolute atomic E-state index is 0.0741. The molecule has 0 atom stereocenters. The lowest BCUT2D eigenvalue weighted by molar-refractivity contribution is -0.120. The molecule has 9 heteroatoms. The molecule has 0 radical (unpaired) electrons. The maximum Gasteiger partial charge on any atom is 0.221 e. The van der Waals surface area contributed by atoms with Gasteiger partial charge in [0, 0.05) is 30.1 Å². The van der Waals surface area contributed by atoms with Crippen LogP contribution in [-0.2, 0) is 17.9 Å². The highest BCUT2D eigenvalue weighted by molar-refractivity contribution is 7.99. The van der Waals surface area contributed by atoms with Gasteiger partial charge in [0.15, 0.2) is 11.0 Å². The largest absolute Gasteiger partial charge is 0.494 e. The van der Waals surface area contributed by atoms with Gasteiger partial charge in [-0.3, -0.25) is 9.36 Å². The van der Waals surface area contributed by atoms with E-state index in [1.54, 1.807) is 12.1 Å². The molecule has 0 unspecified atom stereocenters. The third-order valence-corrected chi connectivity index (χ3v) is 6.22. The van der Waals surface area contributed by atoms with Crippen LogP contribution in [0, 0.1) is 5.82 Å². The quantitative estimate of drug-likeness (QED) is 0.257. The summed E-state index contributed by atoms with van der Waals surface area (Å²) in [4.78, 5) is 12.3. The van der Waals surface area contributed by atoms with Gasteiger partial charge in [0.05, 0.1) is 13.2 Å². The van der Waals surface area contributed by atoms with Gasteiger partial charge in [0.25, 0.3) is 0 Å². The van der Waals surface area contributed by atoms with Crippen LogP contribution in [-0.4, -0.2) is 33.0 Å². The number of hydrogen-bond donors (Lipinski definition) is 2. The van der Waals surface area contributed by atoms with E-state index in [0.29, 0.717) is 31.9 Å². The highest BCUT2D eigenvalue weighted by Gasteiger charge is 2.15.